The molecule has 6 nitrogen and oxygen atoms in total. The van der Waals surface area contributed by atoms with Crippen LogP contribution in [0.3, 0.4) is 0 Å². The largest absolute Gasteiger partial charge is 0.378 e. The molecule has 2 aromatic carbocycles. The van der Waals surface area contributed by atoms with Crippen molar-refractivity contribution in [2.24, 2.45) is 0 Å². The summed E-state index contributed by atoms with van der Waals surface area (Å²) in [5.74, 6) is 0.747. The Balaban J connectivity index is 1.32. The Morgan fingerprint density at radius 2 is 1.81 bits per heavy atom. The Morgan fingerprint density at radius 1 is 1.00 bits per heavy atom. The second kappa shape index (κ2) is 8.65. The molecular weight excluding hydrogens is 412 g/mol. The molecule has 0 N–H and O–H groups in total. The number of halogens is 1. The van der Waals surface area contributed by atoms with E-state index in [1.54, 1.807) is 0 Å². The van der Waals surface area contributed by atoms with Crippen molar-refractivity contribution in [2.45, 2.75) is 13.0 Å². The SMILES string of the molecule is O=C(c1ccc(-c2cccc(Cl)c2)cc1)N1CCc2cnc(N3CCOCC3)nc2C1. The van der Waals surface area contributed by atoms with Crippen molar-refractivity contribution < 1.29 is 9.53 Å². The van der Waals surface area contributed by atoms with Crippen molar-refractivity contribution in [2.75, 3.05) is 37.7 Å². The van der Waals surface area contributed by atoms with Gasteiger partial charge in [-0.2, -0.15) is 0 Å². The van der Waals surface area contributed by atoms with E-state index in [0.717, 1.165) is 47.8 Å². The molecule has 1 saturated heterocycles. The molecule has 158 valence electrons. The van der Waals surface area contributed by atoms with Gasteiger partial charge < -0.3 is 14.5 Å². The standard InChI is InChI=1S/C24H23ClN4O2/c25-21-3-1-2-19(14-21)17-4-6-18(7-5-17)23(30)29-9-8-20-15-26-24(27-22(20)16-29)28-10-12-31-13-11-28/h1-7,14-15H,8-13,16H2. The van der Waals surface area contributed by atoms with E-state index in [9.17, 15) is 4.79 Å². The number of nitrogens with zero attached hydrogens (tertiary/aromatic N) is 4. The second-order valence-electron chi connectivity index (χ2n) is 7.81. The van der Waals surface area contributed by atoms with Gasteiger partial charge in [0.15, 0.2) is 0 Å². The minimum atomic E-state index is 0.0230. The van der Waals surface area contributed by atoms with Crippen LogP contribution in [-0.2, 0) is 17.7 Å². The van der Waals surface area contributed by atoms with Crippen LogP contribution in [0.1, 0.15) is 21.6 Å². The number of aromatic nitrogens is 2. The molecular formula is C24H23ClN4O2. The van der Waals surface area contributed by atoms with Crippen LogP contribution < -0.4 is 4.90 Å². The number of ether oxygens (including phenoxy) is 1. The van der Waals surface area contributed by atoms with Crippen molar-refractivity contribution in [3.63, 3.8) is 0 Å². The van der Waals surface area contributed by atoms with Crippen LogP contribution in [0.2, 0.25) is 5.02 Å². The molecule has 2 aliphatic rings. The van der Waals surface area contributed by atoms with E-state index in [-0.39, 0.29) is 5.91 Å². The Hall–Kier alpha value is -2.96. The molecule has 0 spiro atoms. The fourth-order valence-electron chi connectivity index (χ4n) is 4.04. The molecule has 0 radical (unpaired) electrons. The summed E-state index contributed by atoms with van der Waals surface area (Å²) in [5.41, 5.74) is 4.80. The molecule has 3 aromatic rings. The molecule has 0 atom stereocenters. The zero-order chi connectivity index (χ0) is 21.2. The van der Waals surface area contributed by atoms with Gasteiger partial charge in [0.2, 0.25) is 5.95 Å². The first-order valence-corrected chi connectivity index (χ1v) is 10.9. The molecule has 1 amide bonds. The molecule has 0 saturated carbocycles. The highest BCUT2D eigenvalue weighted by Gasteiger charge is 2.24. The van der Waals surface area contributed by atoms with Gasteiger partial charge in [-0.3, -0.25) is 4.79 Å². The maximum atomic E-state index is 13.1. The highest BCUT2D eigenvalue weighted by atomic mass is 35.5. The number of benzene rings is 2. The van der Waals surface area contributed by atoms with Crippen LogP contribution in [0, 0.1) is 0 Å². The lowest BCUT2D eigenvalue weighted by Crippen LogP contribution is -2.39. The first kappa shape index (κ1) is 20.0. The van der Waals surface area contributed by atoms with E-state index in [2.05, 4.69) is 9.88 Å². The first-order valence-electron chi connectivity index (χ1n) is 10.5. The summed E-state index contributed by atoms with van der Waals surface area (Å²) in [6.45, 7) is 4.14. The smallest absolute Gasteiger partial charge is 0.254 e. The van der Waals surface area contributed by atoms with E-state index in [1.165, 1.54) is 0 Å². The summed E-state index contributed by atoms with van der Waals surface area (Å²) in [6.07, 6.45) is 2.68. The van der Waals surface area contributed by atoms with Gasteiger partial charge in [0.1, 0.15) is 0 Å². The maximum Gasteiger partial charge on any atom is 0.254 e. The predicted molar refractivity (Wildman–Crippen MR) is 120 cm³/mol. The van der Waals surface area contributed by atoms with Gasteiger partial charge in [0.25, 0.3) is 5.91 Å². The van der Waals surface area contributed by atoms with Crippen molar-refractivity contribution in [1.82, 2.24) is 14.9 Å². The topological polar surface area (TPSA) is 58.6 Å². The van der Waals surface area contributed by atoms with Crippen LogP contribution >= 0.6 is 11.6 Å². The number of anilines is 1. The van der Waals surface area contributed by atoms with E-state index < -0.39 is 0 Å². The van der Waals surface area contributed by atoms with Gasteiger partial charge in [-0.15, -0.1) is 0 Å². The minimum absolute atomic E-state index is 0.0230. The molecule has 1 aromatic heterocycles. The first-order chi connectivity index (χ1) is 15.2. The summed E-state index contributed by atoms with van der Waals surface area (Å²) in [6, 6.07) is 15.4. The van der Waals surface area contributed by atoms with E-state index >= 15 is 0 Å². The van der Waals surface area contributed by atoms with Crippen molar-refractivity contribution in [3.05, 3.63) is 76.6 Å². The van der Waals surface area contributed by atoms with Crippen molar-refractivity contribution >= 4 is 23.5 Å². The monoisotopic (exact) mass is 434 g/mol. The lowest BCUT2D eigenvalue weighted by atomic mass is 10.0. The van der Waals surface area contributed by atoms with Gasteiger partial charge in [-0.05, 0) is 47.4 Å². The Kier molecular flexibility index (Phi) is 5.57. The average molecular weight is 435 g/mol. The summed E-state index contributed by atoms with van der Waals surface area (Å²) < 4.78 is 5.42. The van der Waals surface area contributed by atoms with Crippen molar-refractivity contribution in [1.29, 1.82) is 0 Å². The van der Waals surface area contributed by atoms with Crippen LogP contribution in [0.4, 0.5) is 5.95 Å². The average Bonchev–Trinajstić information content (AvgIpc) is 2.83. The number of fused-ring (bicyclic) bond motifs is 1. The van der Waals surface area contributed by atoms with Gasteiger partial charge in [-0.1, -0.05) is 35.9 Å². The quantitative estimate of drug-likeness (QED) is 0.627. The Bertz CT molecular complexity index is 1100. The lowest BCUT2D eigenvalue weighted by molar-refractivity contribution is 0.0731. The number of hydrogen-bond donors (Lipinski definition) is 0. The molecule has 0 unspecified atom stereocenters. The lowest BCUT2D eigenvalue weighted by Gasteiger charge is -2.30. The van der Waals surface area contributed by atoms with Crippen LogP contribution in [0.15, 0.2) is 54.7 Å². The summed E-state index contributed by atoms with van der Waals surface area (Å²) in [4.78, 5) is 26.5. The highest BCUT2D eigenvalue weighted by molar-refractivity contribution is 6.30. The molecule has 3 heterocycles. The number of amides is 1. The predicted octanol–water partition coefficient (Wildman–Crippen LogP) is 3.83. The third-order valence-electron chi connectivity index (χ3n) is 5.80. The molecule has 0 aliphatic carbocycles. The van der Waals surface area contributed by atoms with E-state index in [0.29, 0.717) is 36.9 Å². The number of carbonyl (C=O) groups excluding carboxylic acids is 1. The maximum absolute atomic E-state index is 13.1. The molecule has 5 rings (SSSR count). The number of morpholine rings is 1. The molecule has 0 bridgehead atoms. The van der Waals surface area contributed by atoms with Gasteiger partial charge in [0, 0.05) is 36.4 Å². The van der Waals surface area contributed by atoms with Gasteiger partial charge in [0.05, 0.1) is 25.5 Å². The molecule has 7 heteroatoms. The number of rotatable bonds is 3. The normalized spacial score (nSPS) is 16.2. The molecule has 1 fully saturated rings. The van der Waals surface area contributed by atoms with Gasteiger partial charge in [-0.25, -0.2) is 9.97 Å². The summed E-state index contributed by atoms with van der Waals surface area (Å²) >= 11 is 6.10. The summed E-state index contributed by atoms with van der Waals surface area (Å²) in [7, 11) is 0. The second-order valence-corrected chi connectivity index (χ2v) is 8.24. The molecule has 2 aliphatic heterocycles. The summed E-state index contributed by atoms with van der Waals surface area (Å²) in [5, 5.41) is 0.697. The third-order valence-corrected chi connectivity index (χ3v) is 6.04. The number of hydrogen-bond acceptors (Lipinski definition) is 5. The van der Waals surface area contributed by atoms with E-state index in [1.807, 2.05) is 59.6 Å². The van der Waals surface area contributed by atoms with Gasteiger partial charge >= 0.3 is 0 Å². The van der Waals surface area contributed by atoms with Crippen LogP contribution in [0.5, 0.6) is 0 Å². The third kappa shape index (κ3) is 4.27. The van der Waals surface area contributed by atoms with E-state index in [4.69, 9.17) is 21.3 Å². The Morgan fingerprint density at radius 3 is 2.58 bits per heavy atom. The van der Waals surface area contributed by atoms with Crippen LogP contribution in [-0.4, -0.2) is 53.6 Å². The fraction of sp³-hybridized carbons (Fsp3) is 0.292. The highest BCUT2D eigenvalue weighted by Crippen LogP contribution is 2.25. The zero-order valence-corrected chi connectivity index (χ0v) is 17.9. The number of carbonyl (C=O) groups is 1. The molecule has 31 heavy (non-hydrogen) atoms. The fourth-order valence-corrected chi connectivity index (χ4v) is 4.23. The Labute approximate surface area is 186 Å². The minimum Gasteiger partial charge on any atom is -0.378 e. The van der Waals surface area contributed by atoms with Crippen molar-refractivity contribution in [3.8, 4) is 11.1 Å². The van der Waals surface area contributed by atoms with Crippen LogP contribution in [0.25, 0.3) is 11.1 Å². The zero-order valence-electron chi connectivity index (χ0n) is 17.1.